The summed E-state index contributed by atoms with van der Waals surface area (Å²) in [6.07, 6.45) is 0. The van der Waals surface area contributed by atoms with Crippen LogP contribution in [0.5, 0.6) is 0 Å². The maximum absolute atomic E-state index is 12.0. The van der Waals surface area contributed by atoms with E-state index < -0.39 is 11.9 Å². The number of carbonyl (C=O) groups excluding carboxylic acids is 3. The van der Waals surface area contributed by atoms with Crippen molar-refractivity contribution < 1.29 is 14.4 Å². The number of hydrogen-bond acceptors (Lipinski definition) is 5. The summed E-state index contributed by atoms with van der Waals surface area (Å²) in [5.74, 6) is -0.786. The Kier molecular flexibility index (Phi) is 5.26. The second kappa shape index (κ2) is 7.36. The van der Waals surface area contributed by atoms with Crippen LogP contribution in [0.25, 0.3) is 0 Å². The molecule has 0 saturated carbocycles. The number of thiazole rings is 1. The molecule has 8 nitrogen and oxygen atoms in total. The van der Waals surface area contributed by atoms with E-state index in [1.54, 1.807) is 31.2 Å². The summed E-state index contributed by atoms with van der Waals surface area (Å²) in [7, 11) is 0. The first-order valence-corrected chi connectivity index (χ1v) is 7.45. The standard InChI is InChI=1S/C14H15N5O3S/c1-8-11(23-14(15-8)16-9(2)20)12(21)18-19-13(22)17-10-6-4-3-5-7-10/h3-7H,1-2H3,(H,18,21)(H,15,16,20)(H2,17,19,22). The van der Waals surface area contributed by atoms with Gasteiger partial charge in [-0.2, -0.15) is 0 Å². The Balaban J connectivity index is 1.90. The zero-order chi connectivity index (χ0) is 16.8. The lowest BCUT2D eigenvalue weighted by Crippen LogP contribution is -2.43. The van der Waals surface area contributed by atoms with E-state index in [-0.39, 0.29) is 5.91 Å². The number of amides is 4. The molecule has 120 valence electrons. The molecule has 23 heavy (non-hydrogen) atoms. The molecule has 0 saturated heterocycles. The summed E-state index contributed by atoms with van der Waals surface area (Å²) in [5, 5.41) is 5.40. The summed E-state index contributed by atoms with van der Waals surface area (Å²) >= 11 is 1.02. The Morgan fingerprint density at radius 3 is 2.39 bits per heavy atom. The van der Waals surface area contributed by atoms with Crippen molar-refractivity contribution in [1.82, 2.24) is 15.8 Å². The van der Waals surface area contributed by atoms with Crippen molar-refractivity contribution in [2.45, 2.75) is 13.8 Å². The summed E-state index contributed by atoms with van der Waals surface area (Å²) in [6, 6.07) is 8.23. The third-order valence-corrected chi connectivity index (χ3v) is 3.68. The van der Waals surface area contributed by atoms with Gasteiger partial charge in [0.25, 0.3) is 5.91 Å². The number of para-hydroxylation sites is 1. The molecule has 0 bridgehead atoms. The topological polar surface area (TPSA) is 112 Å². The van der Waals surface area contributed by atoms with Crippen LogP contribution in [0.3, 0.4) is 0 Å². The number of rotatable bonds is 3. The molecular weight excluding hydrogens is 318 g/mol. The van der Waals surface area contributed by atoms with Crippen LogP contribution in [-0.2, 0) is 4.79 Å². The first kappa shape index (κ1) is 16.4. The van der Waals surface area contributed by atoms with Gasteiger partial charge in [-0.25, -0.2) is 15.2 Å². The zero-order valence-corrected chi connectivity index (χ0v) is 13.3. The fraction of sp³-hybridized carbons (Fsp3) is 0.143. The molecule has 1 heterocycles. The summed E-state index contributed by atoms with van der Waals surface area (Å²) in [6.45, 7) is 2.99. The molecule has 0 aliphatic rings. The highest BCUT2D eigenvalue weighted by Gasteiger charge is 2.16. The van der Waals surface area contributed by atoms with E-state index in [1.807, 2.05) is 6.07 Å². The van der Waals surface area contributed by atoms with Gasteiger partial charge in [-0.1, -0.05) is 29.5 Å². The molecule has 0 atom stereocenters. The smallest absolute Gasteiger partial charge is 0.307 e. The van der Waals surface area contributed by atoms with E-state index >= 15 is 0 Å². The Labute approximate surface area is 136 Å². The van der Waals surface area contributed by atoms with Crippen molar-refractivity contribution in [3.63, 3.8) is 0 Å². The summed E-state index contributed by atoms with van der Waals surface area (Å²) < 4.78 is 0. The molecule has 4 amide bonds. The van der Waals surface area contributed by atoms with Crippen LogP contribution >= 0.6 is 11.3 Å². The molecule has 0 aliphatic carbocycles. The maximum Gasteiger partial charge on any atom is 0.337 e. The van der Waals surface area contributed by atoms with Gasteiger partial charge < -0.3 is 10.6 Å². The van der Waals surface area contributed by atoms with Gasteiger partial charge in [0.1, 0.15) is 4.88 Å². The van der Waals surface area contributed by atoms with Gasteiger partial charge in [0.2, 0.25) is 5.91 Å². The number of aromatic nitrogens is 1. The Morgan fingerprint density at radius 2 is 1.74 bits per heavy atom. The molecule has 0 spiro atoms. The minimum atomic E-state index is -0.575. The highest BCUT2D eigenvalue weighted by atomic mass is 32.1. The number of hydrogen-bond donors (Lipinski definition) is 4. The molecule has 2 rings (SSSR count). The van der Waals surface area contributed by atoms with Crippen LogP contribution in [0.4, 0.5) is 15.6 Å². The van der Waals surface area contributed by atoms with Crippen molar-refractivity contribution in [2.75, 3.05) is 10.6 Å². The Bertz CT molecular complexity index is 729. The molecule has 0 fully saturated rings. The van der Waals surface area contributed by atoms with Gasteiger partial charge in [-0.3, -0.25) is 15.0 Å². The maximum atomic E-state index is 12.0. The molecule has 0 aliphatic heterocycles. The lowest BCUT2D eigenvalue weighted by atomic mass is 10.3. The minimum Gasteiger partial charge on any atom is -0.307 e. The zero-order valence-electron chi connectivity index (χ0n) is 12.5. The molecular formula is C14H15N5O3S. The van der Waals surface area contributed by atoms with E-state index in [0.29, 0.717) is 21.4 Å². The van der Waals surface area contributed by atoms with Crippen LogP contribution in [0.2, 0.25) is 0 Å². The number of carbonyl (C=O) groups is 3. The second-order valence-electron chi connectivity index (χ2n) is 4.51. The first-order valence-electron chi connectivity index (χ1n) is 6.63. The number of aryl methyl sites for hydroxylation is 1. The van der Waals surface area contributed by atoms with Crippen LogP contribution in [0.15, 0.2) is 30.3 Å². The van der Waals surface area contributed by atoms with Gasteiger partial charge in [-0.05, 0) is 19.1 Å². The Morgan fingerprint density at radius 1 is 1.04 bits per heavy atom. The van der Waals surface area contributed by atoms with Crippen molar-refractivity contribution in [3.8, 4) is 0 Å². The summed E-state index contributed by atoms with van der Waals surface area (Å²) in [4.78, 5) is 39.0. The number of urea groups is 1. The first-order chi connectivity index (χ1) is 11.0. The lowest BCUT2D eigenvalue weighted by molar-refractivity contribution is -0.114. The third-order valence-electron chi connectivity index (χ3n) is 2.61. The van der Waals surface area contributed by atoms with Crippen molar-refractivity contribution >= 4 is 40.0 Å². The van der Waals surface area contributed by atoms with Crippen LogP contribution in [-0.4, -0.2) is 22.8 Å². The van der Waals surface area contributed by atoms with Gasteiger partial charge >= 0.3 is 6.03 Å². The van der Waals surface area contributed by atoms with E-state index in [9.17, 15) is 14.4 Å². The van der Waals surface area contributed by atoms with E-state index in [1.165, 1.54) is 6.92 Å². The van der Waals surface area contributed by atoms with Crippen LogP contribution < -0.4 is 21.5 Å². The fourth-order valence-corrected chi connectivity index (χ4v) is 2.57. The highest BCUT2D eigenvalue weighted by Crippen LogP contribution is 2.22. The number of nitrogens with one attached hydrogen (secondary N) is 4. The monoisotopic (exact) mass is 333 g/mol. The molecule has 9 heteroatoms. The van der Waals surface area contributed by atoms with Crippen LogP contribution in [0, 0.1) is 6.92 Å². The normalized spacial score (nSPS) is 9.83. The highest BCUT2D eigenvalue weighted by molar-refractivity contribution is 7.17. The van der Waals surface area contributed by atoms with E-state index in [0.717, 1.165) is 11.3 Å². The molecule has 4 N–H and O–H groups in total. The van der Waals surface area contributed by atoms with Crippen molar-refractivity contribution in [1.29, 1.82) is 0 Å². The number of nitrogens with zero attached hydrogens (tertiary/aromatic N) is 1. The average Bonchev–Trinajstić information content (AvgIpc) is 2.85. The number of benzene rings is 1. The predicted octanol–water partition coefficient (Wildman–Crippen LogP) is 1.88. The van der Waals surface area contributed by atoms with Gasteiger partial charge in [-0.15, -0.1) is 0 Å². The number of anilines is 2. The van der Waals surface area contributed by atoms with Gasteiger partial charge in [0.05, 0.1) is 5.69 Å². The fourth-order valence-electron chi connectivity index (χ4n) is 1.67. The lowest BCUT2D eigenvalue weighted by Gasteiger charge is -2.08. The largest absolute Gasteiger partial charge is 0.337 e. The van der Waals surface area contributed by atoms with E-state index in [2.05, 4.69) is 26.5 Å². The van der Waals surface area contributed by atoms with Gasteiger partial charge in [0.15, 0.2) is 5.13 Å². The minimum absolute atomic E-state index is 0.272. The third kappa shape index (κ3) is 4.78. The average molecular weight is 333 g/mol. The second-order valence-corrected chi connectivity index (χ2v) is 5.51. The number of hydrazine groups is 1. The Hall–Kier alpha value is -2.94. The molecule has 2 aromatic rings. The summed E-state index contributed by atoms with van der Waals surface area (Å²) in [5.41, 5.74) is 5.59. The molecule has 1 aromatic heterocycles. The quantitative estimate of drug-likeness (QED) is 0.642. The SMILES string of the molecule is CC(=O)Nc1nc(C)c(C(=O)NNC(=O)Nc2ccccc2)s1. The molecule has 1 aromatic carbocycles. The van der Waals surface area contributed by atoms with Crippen molar-refractivity contribution in [2.24, 2.45) is 0 Å². The molecule has 0 radical (unpaired) electrons. The van der Waals surface area contributed by atoms with Crippen molar-refractivity contribution in [3.05, 3.63) is 40.9 Å². The van der Waals surface area contributed by atoms with Gasteiger partial charge in [0, 0.05) is 12.6 Å². The predicted molar refractivity (Wildman–Crippen MR) is 87.2 cm³/mol. The van der Waals surface area contributed by atoms with Crippen LogP contribution in [0.1, 0.15) is 22.3 Å². The van der Waals surface area contributed by atoms with E-state index in [4.69, 9.17) is 0 Å². The molecule has 0 unspecified atom stereocenters.